The summed E-state index contributed by atoms with van der Waals surface area (Å²) in [4.78, 5) is 32.7. The number of anilines is 1. The molecule has 3 aliphatic heterocycles. The van der Waals surface area contributed by atoms with Gasteiger partial charge in [0.05, 0.1) is 19.8 Å². The first-order valence-electron chi connectivity index (χ1n) is 15.9. The molecule has 3 fully saturated rings. The van der Waals surface area contributed by atoms with Crippen molar-refractivity contribution in [2.24, 2.45) is 5.92 Å². The third-order valence-electron chi connectivity index (χ3n) is 9.06. The van der Waals surface area contributed by atoms with Gasteiger partial charge in [0.15, 0.2) is 29.9 Å². The maximum Gasteiger partial charge on any atom is 0.338 e. The molecule has 1 unspecified atom stereocenters. The van der Waals surface area contributed by atoms with Crippen LogP contribution in [0.2, 0.25) is 10.0 Å². The zero-order valence-electron chi connectivity index (χ0n) is 27.2. The SMILES string of the molecule is COc1ccc([C@H](Cc2c(Cl)c[nH+]cc2Cl)OC(=O)c2cccc(NC(C(=O)O[C@H]3CN4CCC3CC4)c3ccccc3)c2)cc1OC.[OH-]. The lowest BCUT2D eigenvalue weighted by Crippen LogP contribution is -2.52. The Balaban J connectivity index is 0.00000468. The number of H-pyrrole nitrogens is 1. The molecule has 4 aromatic rings. The van der Waals surface area contributed by atoms with Crippen LogP contribution < -0.4 is 19.8 Å². The molecule has 0 amide bonds. The van der Waals surface area contributed by atoms with E-state index in [4.69, 9.17) is 42.1 Å². The molecule has 7 rings (SSSR count). The Kier molecular flexibility index (Phi) is 12.0. The van der Waals surface area contributed by atoms with E-state index < -0.39 is 18.1 Å². The molecule has 2 bridgehead atoms. The van der Waals surface area contributed by atoms with Crippen molar-refractivity contribution in [3.05, 3.63) is 117 Å². The van der Waals surface area contributed by atoms with E-state index in [-0.39, 0.29) is 24.0 Å². The van der Waals surface area contributed by atoms with Gasteiger partial charge in [0.25, 0.3) is 0 Å². The first-order valence-corrected chi connectivity index (χ1v) is 16.7. The minimum absolute atomic E-state index is 0. The van der Waals surface area contributed by atoms with Crippen LogP contribution in [0.5, 0.6) is 11.5 Å². The highest BCUT2D eigenvalue weighted by atomic mass is 35.5. The third-order valence-corrected chi connectivity index (χ3v) is 9.73. The van der Waals surface area contributed by atoms with Gasteiger partial charge in [0, 0.05) is 24.2 Å². The average Bonchev–Trinajstić information content (AvgIpc) is 3.12. The van der Waals surface area contributed by atoms with Gasteiger partial charge in [0.2, 0.25) is 0 Å². The van der Waals surface area contributed by atoms with Crippen molar-refractivity contribution in [2.75, 3.05) is 39.2 Å². The van der Waals surface area contributed by atoms with Gasteiger partial charge in [-0.25, -0.2) is 14.6 Å². The van der Waals surface area contributed by atoms with Gasteiger partial charge in [-0.15, -0.1) is 0 Å². The number of aromatic amines is 1. The van der Waals surface area contributed by atoms with Crippen molar-refractivity contribution in [3.63, 3.8) is 0 Å². The summed E-state index contributed by atoms with van der Waals surface area (Å²) in [5.41, 5.74) is 2.90. The van der Waals surface area contributed by atoms with E-state index in [9.17, 15) is 9.59 Å². The first kappa shape index (κ1) is 35.9. The molecule has 12 heteroatoms. The molecule has 0 saturated carbocycles. The van der Waals surface area contributed by atoms with Gasteiger partial charge < -0.3 is 29.7 Å². The normalized spacial score (nSPS) is 19.1. The van der Waals surface area contributed by atoms with Crippen LogP contribution >= 0.6 is 23.2 Å². The molecule has 3 N–H and O–H groups in total. The highest BCUT2D eigenvalue weighted by Gasteiger charge is 2.38. The topological polar surface area (TPSA) is 130 Å². The average molecular weight is 709 g/mol. The summed E-state index contributed by atoms with van der Waals surface area (Å²) in [7, 11) is 3.09. The second-order valence-corrected chi connectivity index (χ2v) is 12.8. The number of pyridine rings is 1. The molecule has 0 radical (unpaired) electrons. The summed E-state index contributed by atoms with van der Waals surface area (Å²) in [6.07, 6.45) is 4.61. The standard InChI is InChI=1S/C37H37Cl2N3O6.H2O/c1-45-31-12-11-25(18-33(31)46-2)32(19-28-29(38)20-40-21-30(28)39)47-36(43)26-9-6-10-27(17-26)41-35(24-7-4-3-5-8-24)37(44)48-34-22-42-15-13-23(34)14-16-42;/h3-12,17-18,20-21,23,32,34-35,41H,13-16,19,22H2,1-2H3;1H2/t32-,34-,35?;/m0./s1. The van der Waals surface area contributed by atoms with Crippen molar-refractivity contribution in [2.45, 2.75) is 37.5 Å². The number of rotatable bonds is 12. The summed E-state index contributed by atoms with van der Waals surface area (Å²) in [6.45, 7) is 2.87. The van der Waals surface area contributed by atoms with Crippen molar-refractivity contribution in [3.8, 4) is 11.5 Å². The molecule has 49 heavy (non-hydrogen) atoms. The van der Waals surface area contributed by atoms with Gasteiger partial charge in [-0.1, -0.05) is 65.7 Å². The molecule has 3 atom stereocenters. The van der Waals surface area contributed by atoms with Gasteiger partial charge in [-0.2, -0.15) is 0 Å². The number of nitrogens with zero attached hydrogens (tertiary/aromatic N) is 1. The number of nitrogens with one attached hydrogen (secondary N) is 2. The molecule has 0 spiro atoms. The summed E-state index contributed by atoms with van der Waals surface area (Å²) in [5.74, 6) is 0.480. The van der Waals surface area contributed by atoms with Crippen molar-refractivity contribution in [1.82, 2.24) is 4.90 Å². The molecule has 3 saturated heterocycles. The highest BCUT2D eigenvalue weighted by Crippen LogP contribution is 2.36. The molecule has 3 aliphatic rings. The summed E-state index contributed by atoms with van der Waals surface area (Å²) < 4.78 is 23.2. The van der Waals surface area contributed by atoms with Crippen molar-refractivity contribution < 1.29 is 39.0 Å². The van der Waals surface area contributed by atoms with Crippen molar-refractivity contribution >= 4 is 40.8 Å². The number of hydrogen-bond donors (Lipinski definition) is 1. The quantitative estimate of drug-likeness (QED) is 0.162. The second-order valence-electron chi connectivity index (χ2n) is 12.0. The maximum atomic E-state index is 13.8. The predicted molar refractivity (Wildman–Crippen MR) is 185 cm³/mol. The van der Waals surface area contributed by atoms with E-state index in [0.29, 0.717) is 49.8 Å². The number of piperidine rings is 3. The number of fused-ring (bicyclic) bond motifs is 3. The van der Waals surface area contributed by atoms with E-state index in [1.165, 1.54) is 7.11 Å². The lowest BCUT2D eigenvalue weighted by atomic mass is 9.86. The number of carbonyl (C=O) groups excluding carboxylic acids is 2. The summed E-state index contributed by atoms with van der Waals surface area (Å²) >= 11 is 13.0. The van der Waals surface area contributed by atoms with Crippen LogP contribution in [0, 0.1) is 5.92 Å². The number of benzene rings is 3. The van der Waals surface area contributed by atoms with Crippen LogP contribution in [0.1, 0.15) is 52.0 Å². The monoisotopic (exact) mass is 707 g/mol. The fourth-order valence-corrected chi connectivity index (χ4v) is 6.95. The molecular formula is C37H39Cl2N3O7. The fraction of sp³-hybridized carbons (Fsp3) is 0.324. The minimum Gasteiger partial charge on any atom is -0.870 e. The lowest BCUT2D eigenvalue weighted by Gasteiger charge is -2.44. The number of ether oxygens (including phenoxy) is 4. The maximum absolute atomic E-state index is 13.8. The molecule has 4 heterocycles. The Morgan fingerprint density at radius 3 is 2.27 bits per heavy atom. The number of esters is 2. The lowest BCUT2D eigenvalue weighted by molar-refractivity contribution is -0.377. The van der Waals surface area contributed by atoms with E-state index in [1.54, 1.807) is 62.0 Å². The van der Waals surface area contributed by atoms with Crippen molar-refractivity contribution in [1.29, 1.82) is 0 Å². The Labute approximate surface area is 295 Å². The second kappa shape index (κ2) is 16.4. The number of methoxy groups -OCH3 is 2. The first-order chi connectivity index (χ1) is 23.3. The van der Waals surface area contributed by atoms with Crippen LogP contribution in [-0.2, 0) is 20.7 Å². The number of hydrogen-bond acceptors (Lipinski definition) is 9. The van der Waals surface area contributed by atoms with Crippen LogP contribution in [0.15, 0.2) is 85.2 Å². The summed E-state index contributed by atoms with van der Waals surface area (Å²) in [6, 6.07) is 20.9. The molecule has 0 aliphatic carbocycles. The van der Waals surface area contributed by atoms with Crippen LogP contribution in [0.3, 0.4) is 0 Å². The predicted octanol–water partition coefficient (Wildman–Crippen LogP) is 6.58. The van der Waals surface area contributed by atoms with E-state index in [0.717, 1.165) is 38.0 Å². The van der Waals surface area contributed by atoms with E-state index in [2.05, 4.69) is 15.2 Å². The molecule has 258 valence electrons. The zero-order valence-corrected chi connectivity index (χ0v) is 28.7. The van der Waals surface area contributed by atoms with Gasteiger partial charge in [0.1, 0.15) is 22.3 Å². The summed E-state index contributed by atoms with van der Waals surface area (Å²) in [5, 5.41) is 4.15. The molecule has 1 aromatic heterocycles. The molecule has 3 aromatic carbocycles. The van der Waals surface area contributed by atoms with Gasteiger partial charge in [-0.05, 0) is 73.3 Å². The van der Waals surface area contributed by atoms with Gasteiger partial charge >= 0.3 is 11.9 Å². The Morgan fingerprint density at radius 1 is 0.898 bits per heavy atom. The number of aromatic nitrogens is 1. The van der Waals surface area contributed by atoms with E-state index >= 15 is 0 Å². The smallest absolute Gasteiger partial charge is 0.338 e. The van der Waals surface area contributed by atoms with Crippen LogP contribution in [0.25, 0.3) is 0 Å². The zero-order chi connectivity index (χ0) is 33.6. The largest absolute Gasteiger partial charge is 0.870 e. The molecule has 10 nitrogen and oxygen atoms in total. The molecular weight excluding hydrogens is 669 g/mol. The minimum atomic E-state index is -0.778. The third kappa shape index (κ3) is 8.45. The Hall–Kier alpha value is -4.35. The number of halogens is 2. The van der Waals surface area contributed by atoms with Gasteiger partial charge in [-0.3, -0.25) is 4.90 Å². The van der Waals surface area contributed by atoms with Crippen LogP contribution in [0.4, 0.5) is 5.69 Å². The highest BCUT2D eigenvalue weighted by molar-refractivity contribution is 6.35. The van der Waals surface area contributed by atoms with Crippen LogP contribution in [-0.4, -0.2) is 62.3 Å². The Morgan fingerprint density at radius 2 is 1.61 bits per heavy atom. The Bertz CT molecular complexity index is 1730. The van der Waals surface area contributed by atoms with E-state index in [1.807, 2.05) is 30.3 Å². The fourth-order valence-electron chi connectivity index (χ4n) is 6.42. The number of carbonyl (C=O) groups is 2.